The second-order valence-corrected chi connectivity index (χ2v) is 5.52. The van der Waals surface area contributed by atoms with Crippen LogP contribution in [-0.4, -0.2) is 18.5 Å². The molecule has 2 rings (SSSR count). The molecule has 0 N–H and O–H groups in total. The van der Waals surface area contributed by atoms with E-state index in [0.29, 0.717) is 0 Å². The van der Waals surface area contributed by atoms with Crippen LogP contribution in [0.4, 0.5) is 0 Å². The Kier molecular flexibility index (Phi) is 3.67. The Labute approximate surface area is 105 Å². The van der Waals surface area contributed by atoms with Crippen LogP contribution in [0.15, 0.2) is 28.7 Å². The van der Waals surface area contributed by atoms with Crippen LogP contribution < -0.4 is 0 Å². The van der Waals surface area contributed by atoms with Gasteiger partial charge in [-0.05, 0) is 44.4 Å². The Balaban J connectivity index is 1.97. The van der Waals surface area contributed by atoms with Crippen molar-refractivity contribution in [2.75, 3.05) is 6.61 Å². The second kappa shape index (κ2) is 4.86. The van der Waals surface area contributed by atoms with E-state index in [-0.39, 0.29) is 6.10 Å². The van der Waals surface area contributed by atoms with Gasteiger partial charge in [-0.25, -0.2) is 0 Å². The number of hydrogen-bond donors (Lipinski definition) is 0. The number of halogens is 1. The van der Waals surface area contributed by atoms with Crippen molar-refractivity contribution in [3.05, 3.63) is 34.3 Å². The number of ether oxygens (including phenoxy) is 2. The van der Waals surface area contributed by atoms with Crippen LogP contribution in [0.2, 0.25) is 0 Å². The van der Waals surface area contributed by atoms with Crippen molar-refractivity contribution in [3.63, 3.8) is 0 Å². The van der Waals surface area contributed by atoms with Gasteiger partial charge in [-0.2, -0.15) is 0 Å². The Hall–Kier alpha value is -0.380. The second-order valence-electron chi connectivity index (χ2n) is 4.61. The average Bonchev–Trinajstić information content (AvgIpc) is 2.20. The summed E-state index contributed by atoms with van der Waals surface area (Å²) in [5.41, 5.74) is 1.31. The van der Waals surface area contributed by atoms with Gasteiger partial charge in [0.1, 0.15) is 0 Å². The van der Waals surface area contributed by atoms with E-state index in [9.17, 15) is 0 Å². The first-order valence-corrected chi connectivity index (χ1v) is 6.41. The van der Waals surface area contributed by atoms with Crippen molar-refractivity contribution in [1.29, 1.82) is 0 Å². The Morgan fingerprint density at radius 3 is 2.62 bits per heavy atom. The molecule has 1 saturated heterocycles. The van der Waals surface area contributed by atoms with Gasteiger partial charge >= 0.3 is 0 Å². The maximum Gasteiger partial charge on any atom is 0.163 e. The molecule has 2 nitrogen and oxygen atoms in total. The molecule has 3 heteroatoms. The Morgan fingerprint density at radius 2 is 2.00 bits per heavy atom. The lowest BCUT2D eigenvalue weighted by Gasteiger charge is -2.36. The molecule has 1 aromatic carbocycles. The van der Waals surface area contributed by atoms with Crippen molar-refractivity contribution in [3.8, 4) is 0 Å². The summed E-state index contributed by atoms with van der Waals surface area (Å²) in [5.74, 6) is -0.432. The molecule has 1 aromatic rings. The van der Waals surface area contributed by atoms with Crippen molar-refractivity contribution >= 4 is 15.9 Å². The van der Waals surface area contributed by atoms with Crippen LogP contribution >= 0.6 is 15.9 Å². The van der Waals surface area contributed by atoms with Crippen LogP contribution in [0.5, 0.6) is 0 Å². The third-order valence-electron chi connectivity index (χ3n) is 2.72. The zero-order chi connectivity index (χ0) is 11.6. The summed E-state index contributed by atoms with van der Waals surface area (Å²) in [6.07, 6.45) is 2.20. The van der Waals surface area contributed by atoms with Gasteiger partial charge in [-0.3, -0.25) is 0 Å². The predicted molar refractivity (Wildman–Crippen MR) is 67.4 cm³/mol. The molecule has 0 bridgehead atoms. The summed E-state index contributed by atoms with van der Waals surface area (Å²) in [6, 6.07) is 8.41. The van der Waals surface area contributed by atoms with E-state index in [0.717, 1.165) is 23.9 Å². The van der Waals surface area contributed by atoms with Crippen LogP contribution in [-0.2, 0) is 15.9 Å². The fraction of sp³-hybridized carbons (Fsp3) is 0.538. The standard InChI is InChI=1S/C13H17BrO2/c1-13(2)15-8-7-12(16-13)9-10-3-5-11(14)6-4-10/h3-6,12H,7-9H2,1-2H3. The normalized spacial score (nSPS) is 24.3. The lowest BCUT2D eigenvalue weighted by molar-refractivity contribution is -0.272. The summed E-state index contributed by atoms with van der Waals surface area (Å²) in [7, 11) is 0. The summed E-state index contributed by atoms with van der Waals surface area (Å²) < 4.78 is 12.5. The quantitative estimate of drug-likeness (QED) is 0.827. The van der Waals surface area contributed by atoms with Crippen molar-refractivity contribution in [2.24, 2.45) is 0 Å². The highest BCUT2D eigenvalue weighted by Gasteiger charge is 2.29. The molecule has 0 spiro atoms. The van der Waals surface area contributed by atoms with Crippen LogP contribution in [0.3, 0.4) is 0 Å². The summed E-state index contributed by atoms with van der Waals surface area (Å²) >= 11 is 3.44. The fourth-order valence-electron chi connectivity index (χ4n) is 1.96. The van der Waals surface area contributed by atoms with Crippen molar-refractivity contribution in [2.45, 2.75) is 38.6 Å². The molecule has 1 aliphatic heterocycles. The van der Waals surface area contributed by atoms with E-state index < -0.39 is 5.79 Å². The van der Waals surface area contributed by atoms with Gasteiger partial charge in [0.25, 0.3) is 0 Å². The third-order valence-corrected chi connectivity index (χ3v) is 3.25. The van der Waals surface area contributed by atoms with Crippen LogP contribution in [0.1, 0.15) is 25.8 Å². The average molecular weight is 285 g/mol. The van der Waals surface area contributed by atoms with Gasteiger partial charge in [-0.15, -0.1) is 0 Å². The topological polar surface area (TPSA) is 18.5 Å². The molecular formula is C13H17BrO2. The number of benzene rings is 1. The molecular weight excluding hydrogens is 268 g/mol. The molecule has 0 radical (unpaired) electrons. The largest absolute Gasteiger partial charge is 0.350 e. The van der Waals surface area contributed by atoms with E-state index in [1.165, 1.54) is 5.56 Å². The molecule has 0 aliphatic carbocycles. The maximum atomic E-state index is 5.87. The molecule has 1 unspecified atom stereocenters. The Bertz CT molecular complexity index is 345. The molecule has 1 atom stereocenters. The first kappa shape index (κ1) is 12.1. The SMILES string of the molecule is CC1(C)OCCC(Cc2ccc(Br)cc2)O1. The van der Waals surface area contributed by atoms with E-state index in [4.69, 9.17) is 9.47 Å². The zero-order valence-electron chi connectivity index (χ0n) is 9.70. The minimum absolute atomic E-state index is 0.268. The van der Waals surface area contributed by atoms with Crippen molar-refractivity contribution in [1.82, 2.24) is 0 Å². The minimum Gasteiger partial charge on any atom is -0.350 e. The van der Waals surface area contributed by atoms with E-state index in [2.05, 4.69) is 40.2 Å². The molecule has 1 aliphatic rings. The van der Waals surface area contributed by atoms with Gasteiger partial charge < -0.3 is 9.47 Å². The third kappa shape index (κ3) is 3.30. The molecule has 0 aromatic heterocycles. The smallest absolute Gasteiger partial charge is 0.163 e. The molecule has 0 saturated carbocycles. The highest BCUT2D eigenvalue weighted by molar-refractivity contribution is 9.10. The first-order valence-electron chi connectivity index (χ1n) is 5.61. The van der Waals surface area contributed by atoms with E-state index in [1.54, 1.807) is 0 Å². The van der Waals surface area contributed by atoms with Gasteiger partial charge in [0.2, 0.25) is 0 Å². The molecule has 0 amide bonds. The lowest BCUT2D eigenvalue weighted by Crippen LogP contribution is -2.40. The number of hydrogen-bond acceptors (Lipinski definition) is 2. The van der Waals surface area contributed by atoms with Gasteiger partial charge in [0.05, 0.1) is 12.7 Å². The monoisotopic (exact) mass is 284 g/mol. The zero-order valence-corrected chi connectivity index (χ0v) is 11.3. The molecule has 1 fully saturated rings. The molecule has 1 heterocycles. The fourth-order valence-corrected chi connectivity index (χ4v) is 2.22. The predicted octanol–water partition coefficient (Wildman–Crippen LogP) is 3.53. The van der Waals surface area contributed by atoms with Crippen LogP contribution in [0, 0.1) is 0 Å². The van der Waals surface area contributed by atoms with Gasteiger partial charge in [0.15, 0.2) is 5.79 Å². The van der Waals surface area contributed by atoms with Crippen molar-refractivity contribution < 1.29 is 9.47 Å². The lowest BCUT2D eigenvalue weighted by atomic mass is 10.0. The maximum absolute atomic E-state index is 5.87. The first-order chi connectivity index (χ1) is 7.55. The Morgan fingerprint density at radius 1 is 1.31 bits per heavy atom. The molecule has 16 heavy (non-hydrogen) atoms. The minimum atomic E-state index is -0.432. The highest BCUT2D eigenvalue weighted by atomic mass is 79.9. The summed E-state index contributed by atoms with van der Waals surface area (Å²) in [6.45, 7) is 4.73. The van der Waals surface area contributed by atoms with Crippen LogP contribution in [0.25, 0.3) is 0 Å². The highest BCUT2D eigenvalue weighted by Crippen LogP contribution is 2.24. The van der Waals surface area contributed by atoms with Gasteiger partial charge in [0, 0.05) is 4.47 Å². The number of rotatable bonds is 2. The van der Waals surface area contributed by atoms with E-state index >= 15 is 0 Å². The molecule has 88 valence electrons. The summed E-state index contributed by atoms with van der Waals surface area (Å²) in [4.78, 5) is 0. The van der Waals surface area contributed by atoms with E-state index in [1.807, 2.05) is 13.8 Å². The van der Waals surface area contributed by atoms with Gasteiger partial charge in [-0.1, -0.05) is 28.1 Å². The summed E-state index contributed by atoms with van der Waals surface area (Å²) in [5, 5.41) is 0.